The fourth-order valence-electron chi connectivity index (χ4n) is 1.41. The van der Waals surface area contributed by atoms with Crippen molar-refractivity contribution < 1.29 is 13.2 Å². The van der Waals surface area contributed by atoms with E-state index in [9.17, 15) is 13.2 Å². The second-order valence-corrected chi connectivity index (χ2v) is 4.72. The lowest BCUT2D eigenvalue weighted by Crippen LogP contribution is -2.13. The van der Waals surface area contributed by atoms with Gasteiger partial charge in [-0.2, -0.15) is 13.2 Å². The molecule has 8 heteroatoms. The molecule has 0 fully saturated rings. The Morgan fingerprint density at radius 3 is 2.72 bits per heavy atom. The van der Waals surface area contributed by atoms with Gasteiger partial charge in [-0.15, -0.1) is 0 Å². The van der Waals surface area contributed by atoms with E-state index in [0.29, 0.717) is 18.1 Å². The van der Waals surface area contributed by atoms with Gasteiger partial charge in [-0.1, -0.05) is 13.3 Å². The number of aromatic nitrogens is 2. The number of nitrogen functional groups attached to an aromatic ring is 1. The highest BCUT2D eigenvalue weighted by atomic mass is 32.2. The molecule has 102 valence electrons. The highest BCUT2D eigenvalue weighted by Crippen LogP contribution is 2.29. The first kappa shape index (κ1) is 14.9. The Kier molecular flexibility index (Phi) is 5.52. The summed E-state index contributed by atoms with van der Waals surface area (Å²) in [5.41, 5.74) is 2.27. The number of nitrogens with two attached hydrogens (primary N) is 1. The lowest BCUT2D eigenvalue weighted by atomic mass is 10.1. The monoisotopic (exact) mass is 280 g/mol. The first-order valence-electron chi connectivity index (χ1n) is 5.48. The van der Waals surface area contributed by atoms with Crippen LogP contribution in [0.15, 0.2) is 6.33 Å². The summed E-state index contributed by atoms with van der Waals surface area (Å²) in [5, 5.41) is 2.86. The zero-order valence-corrected chi connectivity index (χ0v) is 10.7. The lowest BCUT2D eigenvalue weighted by molar-refractivity contribution is -0.0327. The number of hydrogen-bond acceptors (Lipinski definition) is 5. The molecule has 0 spiro atoms. The van der Waals surface area contributed by atoms with Crippen molar-refractivity contribution in [1.29, 1.82) is 0 Å². The molecule has 0 saturated carbocycles. The van der Waals surface area contributed by atoms with Crippen LogP contribution in [-0.4, -0.2) is 27.8 Å². The second kappa shape index (κ2) is 6.67. The Balaban J connectivity index is 2.54. The van der Waals surface area contributed by atoms with Gasteiger partial charge in [0.25, 0.3) is 0 Å². The molecule has 0 saturated heterocycles. The topological polar surface area (TPSA) is 63.8 Å². The maximum Gasteiger partial charge on any atom is 0.441 e. The van der Waals surface area contributed by atoms with Crippen LogP contribution in [0.1, 0.15) is 18.9 Å². The van der Waals surface area contributed by atoms with Crippen LogP contribution in [-0.2, 0) is 6.42 Å². The van der Waals surface area contributed by atoms with Crippen molar-refractivity contribution >= 4 is 23.4 Å². The minimum atomic E-state index is -4.20. The molecule has 0 aromatic carbocycles. The van der Waals surface area contributed by atoms with Gasteiger partial charge >= 0.3 is 5.51 Å². The molecule has 1 aromatic heterocycles. The normalized spacial score (nSPS) is 11.6. The molecule has 1 heterocycles. The Labute approximate surface area is 108 Å². The van der Waals surface area contributed by atoms with Crippen LogP contribution < -0.4 is 11.1 Å². The molecule has 4 nitrogen and oxygen atoms in total. The van der Waals surface area contributed by atoms with Crippen LogP contribution in [0.5, 0.6) is 0 Å². The van der Waals surface area contributed by atoms with Crippen molar-refractivity contribution in [3.05, 3.63) is 11.9 Å². The van der Waals surface area contributed by atoms with Gasteiger partial charge < -0.3 is 11.1 Å². The molecule has 3 N–H and O–H groups in total. The number of alkyl halides is 3. The van der Waals surface area contributed by atoms with Gasteiger partial charge in [0.05, 0.1) is 0 Å². The van der Waals surface area contributed by atoms with Crippen LogP contribution in [0.25, 0.3) is 0 Å². The van der Waals surface area contributed by atoms with Crippen molar-refractivity contribution in [3.8, 4) is 0 Å². The van der Waals surface area contributed by atoms with Crippen LogP contribution >= 0.6 is 11.8 Å². The lowest BCUT2D eigenvalue weighted by Gasteiger charge is -2.12. The Bertz CT molecular complexity index is 384. The van der Waals surface area contributed by atoms with Crippen LogP contribution in [0, 0.1) is 0 Å². The summed E-state index contributed by atoms with van der Waals surface area (Å²) in [6.07, 6.45) is 2.86. The minimum absolute atomic E-state index is 0.0609. The van der Waals surface area contributed by atoms with Crippen molar-refractivity contribution in [2.45, 2.75) is 25.3 Å². The smallest absolute Gasteiger partial charge is 0.383 e. The number of thioether (sulfide) groups is 1. The zero-order valence-electron chi connectivity index (χ0n) is 9.92. The van der Waals surface area contributed by atoms with E-state index in [2.05, 4.69) is 15.3 Å². The van der Waals surface area contributed by atoms with Crippen LogP contribution in [0.4, 0.5) is 24.8 Å². The number of halogens is 3. The fraction of sp³-hybridized carbons (Fsp3) is 0.600. The first-order chi connectivity index (χ1) is 8.44. The Morgan fingerprint density at radius 2 is 2.11 bits per heavy atom. The van der Waals surface area contributed by atoms with E-state index in [-0.39, 0.29) is 24.1 Å². The molecule has 0 bridgehead atoms. The summed E-state index contributed by atoms with van der Waals surface area (Å²) >= 11 is -0.0609. The summed E-state index contributed by atoms with van der Waals surface area (Å²) in [4.78, 5) is 7.87. The second-order valence-electron chi connectivity index (χ2n) is 3.56. The number of rotatable bonds is 6. The summed E-state index contributed by atoms with van der Waals surface area (Å²) < 4.78 is 35.8. The molecular formula is C10H15F3N4S. The van der Waals surface area contributed by atoms with E-state index in [4.69, 9.17) is 5.73 Å². The third kappa shape index (κ3) is 4.99. The van der Waals surface area contributed by atoms with E-state index >= 15 is 0 Å². The Hall–Kier alpha value is -1.18. The number of nitrogens with one attached hydrogen (secondary N) is 1. The van der Waals surface area contributed by atoms with Gasteiger partial charge in [-0.3, -0.25) is 0 Å². The summed E-state index contributed by atoms with van der Waals surface area (Å²) in [6, 6.07) is 0. The SMILES string of the molecule is CCCc1c(N)ncnc1NCCSC(F)(F)F. The quantitative estimate of drug-likeness (QED) is 0.784. The third-order valence-corrected chi connectivity index (χ3v) is 2.87. The van der Waals surface area contributed by atoms with Gasteiger partial charge in [0, 0.05) is 17.9 Å². The van der Waals surface area contributed by atoms with E-state index in [0.717, 1.165) is 12.0 Å². The number of hydrogen-bond donors (Lipinski definition) is 2. The molecule has 0 atom stereocenters. The minimum Gasteiger partial charge on any atom is -0.383 e. The molecule has 0 aliphatic heterocycles. The van der Waals surface area contributed by atoms with E-state index in [1.807, 2.05) is 6.92 Å². The van der Waals surface area contributed by atoms with Crippen molar-refractivity contribution in [2.75, 3.05) is 23.3 Å². The zero-order chi connectivity index (χ0) is 13.6. The number of anilines is 2. The average Bonchev–Trinajstić information content (AvgIpc) is 2.27. The van der Waals surface area contributed by atoms with Crippen molar-refractivity contribution in [3.63, 3.8) is 0 Å². The molecule has 1 aromatic rings. The van der Waals surface area contributed by atoms with E-state index in [1.165, 1.54) is 6.33 Å². The molecule has 0 aliphatic rings. The van der Waals surface area contributed by atoms with Crippen molar-refractivity contribution in [2.24, 2.45) is 0 Å². The Morgan fingerprint density at radius 1 is 1.39 bits per heavy atom. The average molecular weight is 280 g/mol. The fourth-order valence-corrected chi connectivity index (χ4v) is 1.85. The van der Waals surface area contributed by atoms with Gasteiger partial charge in [0.2, 0.25) is 0 Å². The van der Waals surface area contributed by atoms with Gasteiger partial charge in [-0.25, -0.2) is 9.97 Å². The maximum atomic E-state index is 11.9. The molecule has 1 rings (SSSR count). The predicted octanol–water partition coefficient (Wildman–Crippen LogP) is 2.68. The third-order valence-electron chi connectivity index (χ3n) is 2.14. The summed E-state index contributed by atoms with van der Waals surface area (Å²) in [5.74, 6) is 0.823. The molecule has 0 unspecified atom stereocenters. The first-order valence-corrected chi connectivity index (χ1v) is 6.46. The standard InChI is InChI=1S/C10H15F3N4S/c1-2-3-7-8(14)16-6-17-9(7)15-4-5-18-10(11,12)13/h6H,2-5H2,1H3,(H3,14,15,16,17). The number of nitrogens with zero attached hydrogens (tertiary/aromatic N) is 2. The summed E-state index contributed by atoms with van der Waals surface area (Å²) in [6.45, 7) is 2.16. The summed E-state index contributed by atoms with van der Waals surface area (Å²) in [7, 11) is 0. The van der Waals surface area contributed by atoms with E-state index in [1.54, 1.807) is 0 Å². The van der Waals surface area contributed by atoms with Crippen LogP contribution in [0.2, 0.25) is 0 Å². The molecule has 18 heavy (non-hydrogen) atoms. The largest absolute Gasteiger partial charge is 0.441 e. The van der Waals surface area contributed by atoms with Gasteiger partial charge in [0.15, 0.2) is 0 Å². The molecule has 0 amide bonds. The van der Waals surface area contributed by atoms with Crippen molar-refractivity contribution in [1.82, 2.24) is 9.97 Å². The molecular weight excluding hydrogens is 265 g/mol. The maximum absolute atomic E-state index is 11.9. The van der Waals surface area contributed by atoms with Gasteiger partial charge in [0.1, 0.15) is 18.0 Å². The van der Waals surface area contributed by atoms with Gasteiger partial charge in [-0.05, 0) is 18.2 Å². The highest BCUT2D eigenvalue weighted by Gasteiger charge is 2.27. The molecule has 0 radical (unpaired) electrons. The van der Waals surface area contributed by atoms with E-state index < -0.39 is 5.51 Å². The van der Waals surface area contributed by atoms with Crippen LogP contribution in [0.3, 0.4) is 0 Å². The molecule has 0 aliphatic carbocycles. The highest BCUT2D eigenvalue weighted by molar-refractivity contribution is 8.00. The predicted molar refractivity (Wildman–Crippen MR) is 67.4 cm³/mol.